The van der Waals surface area contributed by atoms with Gasteiger partial charge in [-0.3, -0.25) is 0 Å². The van der Waals surface area contributed by atoms with Crippen molar-refractivity contribution in [3.05, 3.63) is 0 Å². The van der Waals surface area contributed by atoms with Crippen LogP contribution in [0.15, 0.2) is 0 Å². The van der Waals surface area contributed by atoms with Crippen LogP contribution in [0.1, 0.15) is 25.7 Å². The van der Waals surface area contributed by atoms with Crippen LogP contribution in [0.4, 0.5) is 0 Å². The molecule has 2 rings (SSSR count). The lowest BCUT2D eigenvalue weighted by Crippen LogP contribution is -2.28. The largest absolute Gasteiger partial charge is 0.350 e. The number of hydrogen-bond donors (Lipinski definition) is 1. The minimum Gasteiger partial charge on any atom is -0.350 e. The second kappa shape index (κ2) is 4.94. The molecule has 3 heteroatoms. The highest BCUT2D eigenvalue weighted by molar-refractivity contribution is 4.69. The lowest BCUT2D eigenvalue weighted by Gasteiger charge is -2.23. The van der Waals surface area contributed by atoms with Crippen molar-refractivity contribution in [3.8, 4) is 0 Å². The Hall–Kier alpha value is -0.120. The van der Waals surface area contributed by atoms with Gasteiger partial charge in [0.25, 0.3) is 0 Å². The zero-order valence-electron chi connectivity index (χ0n) is 8.13. The zero-order valence-corrected chi connectivity index (χ0v) is 8.13. The fourth-order valence-electron chi connectivity index (χ4n) is 2.12. The quantitative estimate of drug-likeness (QED) is 0.715. The van der Waals surface area contributed by atoms with Crippen LogP contribution < -0.4 is 5.32 Å². The van der Waals surface area contributed by atoms with Gasteiger partial charge in [-0.25, -0.2) is 0 Å². The minimum atomic E-state index is 0.106. The van der Waals surface area contributed by atoms with Gasteiger partial charge in [-0.1, -0.05) is 0 Å². The van der Waals surface area contributed by atoms with Gasteiger partial charge in [-0.15, -0.1) is 0 Å². The molecule has 0 amide bonds. The van der Waals surface area contributed by atoms with Crippen molar-refractivity contribution in [2.75, 3.05) is 26.3 Å². The summed E-state index contributed by atoms with van der Waals surface area (Å²) in [5.74, 6) is 0.897. The summed E-state index contributed by atoms with van der Waals surface area (Å²) in [6.07, 6.45) is 5.12. The molecule has 0 aromatic carbocycles. The summed E-state index contributed by atoms with van der Waals surface area (Å²) < 4.78 is 10.8. The van der Waals surface area contributed by atoms with E-state index < -0.39 is 0 Å². The summed E-state index contributed by atoms with van der Waals surface area (Å²) in [4.78, 5) is 0. The van der Waals surface area contributed by atoms with Gasteiger partial charge in [0.05, 0.1) is 13.2 Å². The highest BCUT2D eigenvalue weighted by Gasteiger charge is 2.19. The van der Waals surface area contributed by atoms with E-state index in [-0.39, 0.29) is 6.29 Å². The maximum absolute atomic E-state index is 5.41. The van der Waals surface area contributed by atoms with Gasteiger partial charge in [0, 0.05) is 0 Å². The number of rotatable bonds is 3. The Labute approximate surface area is 79.8 Å². The van der Waals surface area contributed by atoms with Crippen LogP contribution in [0, 0.1) is 5.92 Å². The molecule has 13 heavy (non-hydrogen) atoms. The summed E-state index contributed by atoms with van der Waals surface area (Å²) >= 11 is 0. The van der Waals surface area contributed by atoms with Gasteiger partial charge in [-0.05, 0) is 44.7 Å². The fourth-order valence-corrected chi connectivity index (χ4v) is 2.12. The van der Waals surface area contributed by atoms with E-state index >= 15 is 0 Å². The minimum absolute atomic E-state index is 0.106. The topological polar surface area (TPSA) is 30.5 Å². The van der Waals surface area contributed by atoms with E-state index in [1.165, 1.54) is 32.4 Å². The maximum Gasteiger partial charge on any atom is 0.157 e. The molecular formula is C10H19NO2. The molecule has 3 nitrogen and oxygen atoms in total. The third-order valence-corrected chi connectivity index (χ3v) is 2.96. The zero-order chi connectivity index (χ0) is 8.93. The molecule has 0 spiro atoms. The van der Waals surface area contributed by atoms with E-state index in [9.17, 15) is 0 Å². The van der Waals surface area contributed by atoms with Crippen LogP contribution in [0.2, 0.25) is 0 Å². The normalized spacial score (nSPS) is 26.8. The van der Waals surface area contributed by atoms with Gasteiger partial charge in [-0.2, -0.15) is 0 Å². The lowest BCUT2D eigenvalue weighted by atomic mass is 9.93. The van der Waals surface area contributed by atoms with Crippen LogP contribution in [0.25, 0.3) is 0 Å². The smallest absolute Gasteiger partial charge is 0.157 e. The third kappa shape index (κ3) is 2.93. The summed E-state index contributed by atoms with van der Waals surface area (Å²) in [5, 5.41) is 3.38. The van der Waals surface area contributed by atoms with Crippen molar-refractivity contribution in [1.29, 1.82) is 0 Å². The molecule has 0 radical (unpaired) electrons. The van der Waals surface area contributed by atoms with Crippen LogP contribution in [0.5, 0.6) is 0 Å². The maximum atomic E-state index is 5.41. The Bertz CT molecular complexity index is 140. The predicted octanol–water partition coefficient (Wildman–Crippen LogP) is 1.14. The Kier molecular flexibility index (Phi) is 3.58. The Morgan fingerprint density at radius 3 is 2.38 bits per heavy atom. The molecule has 2 aliphatic heterocycles. The van der Waals surface area contributed by atoms with Gasteiger partial charge in [0.2, 0.25) is 0 Å². The van der Waals surface area contributed by atoms with Crippen molar-refractivity contribution < 1.29 is 9.47 Å². The summed E-state index contributed by atoms with van der Waals surface area (Å²) in [5.41, 5.74) is 0. The molecule has 0 unspecified atom stereocenters. The average molecular weight is 185 g/mol. The Balaban J connectivity index is 1.60. The molecule has 2 heterocycles. The molecule has 0 bridgehead atoms. The second-order valence-corrected chi connectivity index (χ2v) is 3.94. The lowest BCUT2D eigenvalue weighted by molar-refractivity contribution is -0.0507. The SMILES string of the molecule is C1CC(CCC2OCCO2)CCN1. The van der Waals surface area contributed by atoms with Crippen molar-refractivity contribution in [3.63, 3.8) is 0 Å². The molecule has 0 saturated carbocycles. The summed E-state index contributed by atoms with van der Waals surface area (Å²) in [6.45, 7) is 3.96. The monoisotopic (exact) mass is 185 g/mol. The standard InChI is InChI=1S/C10H19NO2/c1(2-10-12-7-8-13-10)9-3-5-11-6-4-9/h9-11H,1-8H2. The Morgan fingerprint density at radius 1 is 1.00 bits per heavy atom. The van der Waals surface area contributed by atoms with Crippen LogP contribution in [-0.4, -0.2) is 32.6 Å². The summed E-state index contributed by atoms with van der Waals surface area (Å²) in [6, 6.07) is 0. The van der Waals surface area contributed by atoms with E-state index in [0.717, 1.165) is 25.6 Å². The number of piperidine rings is 1. The number of nitrogens with one attached hydrogen (secondary N) is 1. The van der Waals surface area contributed by atoms with E-state index in [1.54, 1.807) is 0 Å². The van der Waals surface area contributed by atoms with Crippen molar-refractivity contribution >= 4 is 0 Å². The molecule has 76 valence electrons. The predicted molar refractivity (Wildman–Crippen MR) is 50.5 cm³/mol. The molecule has 0 aliphatic carbocycles. The van der Waals surface area contributed by atoms with Crippen LogP contribution in [-0.2, 0) is 9.47 Å². The molecule has 2 fully saturated rings. The number of hydrogen-bond acceptors (Lipinski definition) is 3. The molecule has 2 saturated heterocycles. The number of ether oxygens (including phenoxy) is 2. The van der Waals surface area contributed by atoms with Gasteiger partial charge < -0.3 is 14.8 Å². The Morgan fingerprint density at radius 2 is 1.69 bits per heavy atom. The van der Waals surface area contributed by atoms with Gasteiger partial charge in [0.1, 0.15) is 0 Å². The van der Waals surface area contributed by atoms with Gasteiger partial charge >= 0.3 is 0 Å². The first-order chi connectivity index (χ1) is 6.45. The second-order valence-electron chi connectivity index (χ2n) is 3.94. The molecule has 2 aliphatic rings. The molecule has 0 aromatic rings. The molecule has 0 aromatic heterocycles. The average Bonchev–Trinajstić information content (AvgIpc) is 2.69. The highest BCUT2D eigenvalue weighted by Crippen LogP contribution is 2.21. The first-order valence-electron chi connectivity index (χ1n) is 5.39. The van der Waals surface area contributed by atoms with Crippen molar-refractivity contribution in [2.24, 2.45) is 5.92 Å². The molecular weight excluding hydrogens is 166 g/mol. The van der Waals surface area contributed by atoms with Crippen LogP contribution >= 0.6 is 0 Å². The van der Waals surface area contributed by atoms with Crippen molar-refractivity contribution in [1.82, 2.24) is 5.32 Å². The third-order valence-electron chi connectivity index (χ3n) is 2.96. The van der Waals surface area contributed by atoms with Gasteiger partial charge in [0.15, 0.2) is 6.29 Å². The molecule has 1 N–H and O–H groups in total. The first kappa shape index (κ1) is 9.44. The van der Waals surface area contributed by atoms with Crippen molar-refractivity contribution in [2.45, 2.75) is 32.0 Å². The van der Waals surface area contributed by atoms with E-state index in [0.29, 0.717) is 0 Å². The molecule has 0 atom stereocenters. The van der Waals surface area contributed by atoms with Crippen LogP contribution in [0.3, 0.4) is 0 Å². The van der Waals surface area contributed by atoms with E-state index in [1.807, 2.05) is 0 Å². The highest BCUT2D eigenvalue weighted by atomic mass is 16.7. The van der Waals surface area contributed by atoms with E-state index in [4.69, 9.17) is 9.47 Å². The van der Waals surface area contributed by atoms with E-state index in [2.05, 4.69) is 5.32 Å². The first-order valence-corrected chi connectivity index (χ1v) is 5.39. The summed E-state index contributed by atoms with van der Waals surface area (Å²) in [7, 11) is 0. The fraction of sp³-hybridized carbons (Fsp3) is 1.00.